The summed E-state index contributed by atoms with van der Waals surface area (Å²) in [6.45, 7) is 8.07. The molecule has 0 radical (unpaired) electrons. The average Bonchev–Trinajstić information content (AvgIpc) is 2.45. The van der Waals surface area contributed by atoms with Crippen LogP contribution in [-0.2, 0) is 4.79 Å². The van der Waals surface area contributed by atoms with Crippen LogP contribution in [0.25, 0.3) is 0 Å². The van der Waals surface area contributed by atoms with Crippen LogP contribution in [0.1, 0.15) is 35.2 Å². The van der Waals surface area contributed by atoms with Gasteiger partial charge in [0, 0.05) is 0 Å². The Labute approximate surface area is 132 Å². The molecule has 2 rings (SSSR count). The SMILES string of the molecule is Cc1ccc([C@H](C)NC(=O)COc2cc(C)cc(C)c2)cc1. The highest BCUT2D eigenvalue weighted by atomic mass is 16.5. The van der Waals surface area contributed by atoms with E-state index in [4.69, 9.17) is 4.74 Å². The van der Waals surface area contributed by atoms with Gasteiger partial charge in [0.15, 0.2) is 6.61 Å². The maximum Gasteiger partial charge on any atom is 0.258 e. The number of nitrogens with one attached hydrogen (secondary N) is 1. The van der Waals surface area contributed by atoms with Crippen LogP contribution in [0.15, 0.2) is 42.5 Å². The third-order valence-corrected chi connectivity index (χ3v) is 3.52. The van der Waals surface area contributed by atoms with Crippen molar-refractivity contribution in [1.29, 1.82) is 0 Å². The number of hydrogen-bond acceptors (Lipinski definition) is 2. The molecule has 0 spiro atoms. The van der Waals surface area contributed by atoms with E-state index in [1.165, 1.54) is 5.56 Å². The van der Waals surface area contributed by atoms with Gasteiger partial charge in [-0.15, -0.1) is 0 Å². The van der Waals surface area contributed by atoms with Crippen molar-refractivity contribution in [3.05, 3.63) is 64.7 Å². The summed E-state index contributed by atoms with van der Waals surface area (Å²) in [5.74, 6) is 0.614. The molecule has 2 aromatic carbocycles. The molecule has 0 aliphatic heterocycles. The van der Waals surface area contributed by atoms with Crippen LogP contribution in [0.5, 0.6) is 5.75 Å². The third-order valence-electron chi connectivity index (χ3n) is 3.52. The van der Waals surface area contributed by atoms with Crippen molar-refractivity contribution in [2.75, 3.05) is 6.61 Å². The molecule has 1 atom stereocenters. The fraction of sp³-hybridized carbons (Fsp3) is 0.316. The molecule has 2 aromatic rings. The van der Waals surface area contributed by atoms with Crippen molar-refractivity contribution >= 4 is 5.91 Å². The Hall–Kier alpha value is -2.29. The Bertz CT molecular complexity index is 627. The number of carbonyl (C=O) groups is 1. The lowest BCUT2D eigenvalue weighted by Gasteiger charge is -2.15. The highest BCUT2D eigenvalue weighted by Gasteiger charge is 2.10. The van der Waals surface area contributed by atoms with Crippen molar-refractivity contribution in [3.63, 3.8) is 0 Å². The van der Waals surface area contributed by atoms with Crippen LogP contribution in [-0.4, -0.2) is 12.5 Å². The number of aryl methyl sites for hydroxylation is 3. The minimum Gasteiger partial charge on any atom is -0.484 e. The number of rotatable bonds is 5. The van der Waals surface area contributed by atoms with Crippen LogP contribution >= 0.6 is 0 Å². The van der Waals surface area contributed by atoms with E-state index in [1.54, 1.807) is 0 Å². The quantitative estimate of drug-likeness (QED) is 0.910. The van der Waals surface area contributed by atoms with Crippen molar-refractivity contribution in [2.45, 2.75) is 33.7 Å². The molecule has 116 valence electrons. The van der Waals surface area contributed by atoms with Gasteiger partial charge in [0.2, 0.25) is 0 Å². The van der Waals surface area contributed by atoms with E-state index in [-0.39, 0.29) is 18.6 Å². The van der Waals surface area contributed by atoms with Gasteiger partial charge in [0.05, 0.1) is 6.04 Å². The smallest absolute Gasteiger partial charge is 0.258 e. The molecule has 0 saturated heterocycles. The third kappa shape index (κ3) is 4.62. The highest BCUT2D eigenvalue weighted by Crippen LogP contribution is 2.16. The average molecular weight is 297 g/mol. The van der Waals surface area contributed by atoms with Crippen molar-refractivity contribution in [2.24, 2.45) is 0 Å². The van der Waals surface area contributed by atoms with Gasteiger partial charge in [0.1, 0.15) is 5.75 Å². The van der Waals surface area contributed by atoms with Gasteiger partial charge in [-0.25, -0.2) is 0 Å². The summed E-state index contributed by atoms with van der Waals surface area (Å²) >= 11 is 0. The van der Waals surface area contributed by atoms with Crippen molar-refractivity contribution < 1.29 is 9.53 Å². The molecule has 0 unspecified atom stereocenters. The Morgan fingerprint density at radius 3 is 2.18 bits per heavy atom. The Morgan fingerprint density at radius 2 is 1.59 bits per heavy atom. The van der Waals surface area contributed by atoms with E-state index < -0.39 is 0 Å². The first kappa shape index (κ1) is 16.1. The monoisotopic (exact) mass is 297 g/mol. The summed E-state index contributed by atoms with van der Waals surface area (Å²) in [6.07, 6.45) is 0. The van der Waals surface area contributed by atoms with Gasteiger partial charge in [-0.1, -0.05) is 35.9 Å². The first-order valence-corrected chi connectivity index (χ1v) is 7.51. The van der Waals surface area contributed by atoms with Gasteiger partial charge in [-0.2, -0.15) is 0 Å². The van der Waals surface area contributed by atoms with Gasteiger partial charge >= 0.3 is 0 Å². The van der Waals surface area contributed by atoms with E-state index in [2.05, 4.69) is 11.4 Å². The molecule has 0 fully saturated rings. The molecule has 1 amide bonds. The topological polar surface area (TPSA) is 38.3 Å². The summed E-state index contributed by atoms with van der Waals surface area (Å²) in [7, 11) is 0. The van der Waals surface area contributed by atoms with E-state index in [1.807, 2.05) is 64.1 Å². The zero-order chi connectivity index (χ0) is 16.1. The Morgan fingerprint density at radius 1 is 1.00 bits per heavy atom. The van der Waals surface area contributed by atoms with Crippen LogP contribution < -0.4 is 10.1 Å². The standard InChI is InChI=1S/C19H23NO2/c1-13-5-7-17(8-6-13)16(4)20-19(21)12-22-18-10-14(2)9-15(3)11-18/h5-11,16H,12H2,1-4H3,(H,20,21)/t16-/m0/s1. The van der Waals surface area contributed by atoms with Crippen LogP contribution in [0.4, 0.5) is 0 Å². The van der Waals surface area contributed by atoms with E-state index >= 15 is 0 Å². The summed E-state index contributed by atoms with van der Waals surface area (Å²) in [6, 6.07) is 14.1. The number of amides is 1. The number of ether oxygens (including phenoxy) is 1. The maximum absolute atomic E-state index is 12.0. The maximum atomic E-state index is 12.0. The number of hydrogen-bond donors (Lipinski definition) is 1. The minimum atomic E-state index is -0.118. The van der Waals surface area contributed by atoms with Gasteiger partial charge in [0.25, 0.3) is 5.91 Å². The van der Waals surface area contributed by atoms with Crippen LogP contribution in [0, 0.1) is 20.8 Å². The van der Waals surface area contributed by atoms with E-state index in [9.17, 15) is 4.79 Å². The normalized spacial score (nSPS) is 11.8. The van der Waals surface area contributed by atoms with Crippen LogP contribution in [0.2, 0.25) is 0 Å². The lowest BCUT2D eigenvalue weighted by atomic mass is 10.1. The first-order valence-electron chi connectivity index (χ1n) is 7.51. The fourth-order valence-electron chi connectivity index (χ4n) is 2.39. The second-order valence-electron chi connectivity index (χ2n) is 5.81. The zero-order valence-electron chi connectivity index (χ0n) is 13.6. The second-order valence-corrected chi connectivity index (χ2v) is 5.81. The van der Waals surface area contributed by atoms with Crippen LogP contribution in [0.3, 0.4) is 0 Å². The van der Waals surface area contributed by atoms with Gasteiger partial charge in [-0.3, -0.25) is 4.79 Å². The van der Waals surface area contributed by atoms with Crippen molar-refractivity contribution in [3.8, 4) is 5.75 Å². The Balaban J connectivity index is 1.88. The molecule has 0 aromatic heterocycles. The number of carbonyl (C=O) groups excluding carboxylic acids is 1. The molecule has 22 heavy (non-hydrogen) atoms. The van der Waals surface area contributed by atoms with E-state index in [0.717, 1.165) is 22.4 Å². The summed E-state index contributed by atoms with van der Waals surface area (Å²) in [4.78, 5) is 12.0. The summed E-state index contributed by atoms with van der Waals surface area (Å²) in [5.41, 5.74) is 4.55. The molecule has 0 aliphatic carbocycles. The van der Waals surface area contributed by atoms with Crippen molar-refractivity contribution in [1.82, 2.24) is 5.32 Å². The second kappa shape index (κ2) is 7.12. The molecule has 0 aliphatic rings. The highest BCUT2D eigenvalue weighted by molar-refractivity contribution is 5.78. The lowest BCUT2D eigenvalue weighted by Crippen LogP contribution is -2.31. The molecular weight excluding hydrogens is 274 g/mol. The molecule has 3 heteroatoms. The Kier molecular flexibility index (Phi) is 5.21. The molecule has 0 saturated carbocycles. The molecular formula is C19H23NO2. The predicted octanol–water partition coefficient (Wildman–Crippen LogP) is 3.87. The van der Waals surface area contributed by atoms with Gasteiger partial charge in [-0.05, 0) is 56.5 Å². The molecule has 3 nitrogen and oxygen atoms in total. The predicted molar refractivity (Wildman–Crippen MR) is 89.1 cm³/mol. The number of benzene rings is 2. The van der Waals surface area contributed by atoms with Gasteiger partial charge < -0.3 is 10.1 Å². The fourth-order valence-corrected chi connectivity index (χ4v) is 2.39. The molecule has 0 heterocycles. The first-order chi connectivity index (χ1) is 10.4. The lowest BCUT2D eigenvalue weighted by molar-refractivity contribution is -0.123. The minimum absolute atomic E-state index is 0.0269. The summed E-state index contributed by atoms with van der Waals surface area (Å²) < 4.78 is 5.57. The largest absolute Gasteiger partial charge is 0.484 e. The zero-order valence-corrected chi connectivity index (χ0v) is 13.6. The molecule has 0 bridgehead atoms. The summed E-state index contributed by atoms with van der Waals surface area (Å²) in [5, 5.41) is 2.95. The van der Waals surface area contributed by atoms with E-state index in [0.29, 0.717) is 0 Å². The molecule has 1 N–H and O–H groups in total.